The van der Waals surface area contributed by atoms with E-state index in [0.29, 0.717) is 6.17 Å². The Morgan fingerprint density at radius 3 is 2.22 bits per heavy atom. The van der Waals surface area contributed by atoms with Crippen molar-refractivity contribution in [3.8, 4) is 0 Å². The molecule has 54 valence electrons. The highest BCUT2D eigenvalue weighted by molar-refractivity contribution is 4.73. The molecule has 1 heterocycles. The van der Waals surface area contributed by atoms with Gasteiger partial charge < -0.3 is 0 Å². The summed E-state index contributed by atoms with van der Waals surface area (Å²) in [5.74, 6) is 0. The first-order valence-corrected chi connectivity index (χ1v) is 3.21. The lowest BCUT2D eigenvalue weighted by Crippen LogP contribution is -2.37. The second-order valence-electron chi connectivity index (χ2n) is 2.97. The van der Waals surface area contributed by atoms with Crippen molar-refractivity contribution in [2.24, 2.45) is 0 Å². The van der Waals surface area contributed by atoms with Gasteiger partial charge in [0.05, 0.1) is 6.17 Å². The minimum Gasteiger partial charge on any atom is -0.276 e. The van der Waals surface area contributed by atoms with Crippen LogP contribution in [-0.4, -0.2) is 24.0 Å². The summed E-state index contributed by atoms with van der Waals surface area (Å²) >= 11 is 0. The van der Waals surface area contributed by atoms with Gasteiger partial charge in [0.25, 0.3) is 0 Å². The van der Waals surface area contributed by atoms with Crippen molar-refractivity contribution < 1.29 is 4.84 Å². The van der Waals surface area contributed by atoms with Crippen molar-refractivity contribution in [1.82, 2.24) is 10.4 Å². The third kappa shape index (κ3) is 1.41. The van der Waals surface area contributed by atoms with Crippen LogP contribution in [0.1, 0.15) is 20.8 Å². The Morgan fingerprint density at radius 2 is 2.11 bits per heavy atom. The minimum absolute atomic E-state index is 0.186. The molecule has 1 atom stereocenters. The Kier molecular flexibility index (Phi) is 1.50. The maximum Gasteiger partial charge on any atom is 0.136 e. The Labute approximate surface area is 55.9 Å². The molecule has 1 N–H and O–H groups in total. The molecule has 0 spiro atoms. The summed E-state index contributed by atoms with van der Waals surface area (Å²) < 4.78 is 0. The first-order valence-electron chi connectivity index (χ1n) is 3.21. The number of nitrogens with zero attached hydrogens (tertiary/aromatic N) is 1. The number of hydroxylamine groups is 2. The second kappa shape index (κ2) is 1.94. The third-order valence-electron chi connectivity index (χ3n) is 1.47. The summed E-state index contributed by atoms with van der Waals surface area (Å²) in [5, 5.41) is 5.07. The van der Waals surface area contributed by atoms with Crippen molar-refractivity contribution in [3.63, 3.8) is 0 Å². The lowest BCUT2D eigenvalue weighted by Gasteiger charge is -2.15. The van der Waals surface area contributed by atoms with Crippen LogP contribution in [0.3, 0.4) is 0 Å². The molecule has 0 aliphatic carbocycles. The fraction of sp³-hybridized carbons (Fsp3) is 1.00. The quantitative estimate of drug-likeness (QED) is 0.518. The second-order valence-corrected chi connectivity index (χ2v) is 2.97. The largest absolute Gasteiger partial charge is 0.276 e. The zero-order valence-electron chi connectivity index (χ0n) is 6.43. The SMILES string of the molecule is CC1NC(C)(C)ON1C. The van der Waals surface area contributed by atoms with Crippen LogP contribution in [0.2, 0.25) is 0 Å². The van der Waals surface area contributed by atoms with E-state index in [1.165, 1.54) is 0 Å². The fourth-order valence-corrected chi connectivity index (χ4v) is 1.06. The van der Waals surface area contributed by atoms with Crippen LogP contribution >= 0.6 is 0 Å². The summed E-state index contributed by atoms with van der Waals surface area (Å²) in [6.45, 7) is 6.08. The minimum atomic E-state index is -0.186. The Hall–Kier alpha value is -0.120. The van der Waals surface area contributed by atoms with Crippen LogP contribution in [0.4, 0.5) is 0 Å². The first kappa shape index (κ1) is 6.99. The third-order valence-corrected chi connectivity index (χ3v) is 1.47. The van der Waals surface area contributed by atoms with Gasteiger partial charge in [0, 0.05) is 7.05 Å². The predicted molar refractivity (Wildman–Crippen MR) is 35.5 cm³/mol. The Morgan fingerprint density at radius 1 is 1.56 bits per heavy atom. The Balaban J connectivity index is 2.54. The average molecular weight is 130 g/mol. The highest BCUT2D eigenvalue weighted by atomic mass is 16.7. The number of hydrogen-bond donors (Lipinski definition) is 1. The zero-order valence-corrected chi connectivity index (χ0v) is 6.43. The van der Waals surface area contributed by atoms with Crippen LogP contribution in [0.5, 0.6) is 0 Å². The molecule has 1 unspecified atom stereocenters. The van der Waals surface area contributed by atoms with Crippen molar-refractivity contribution in [1.29, 1.82) is 0 Å². The number of rotatable bonds is 0. The highest BCUT2D eigenvalue weighted by Gasteiger charge is 2.32. The van der Waals surface area contributed by atoms with Crippen LogP contribution in [0.15, 0.2) is 0 Å². The van der Waals surface area contributed by atoms with E-state index in [1.807, 2.05) is 26.0 Å². The number of nitrogens with one attached hydrogen (secondary N) is 1. The Bertz CT molecular complexity index is 102. The molecule has 9 heavy (non-hydrogen) atoms. The standard InChI is InChI=1S/C6H14N2O/c1-5-7-6(2,3)9-8(5)4/h5,7H,1-4H3. The topological polar surface area (TPSA) is 24.5 Å². The molecule has 1 aliphatic heterocycles. The van der Waals surface area contributed by atoms with Gasteiger partial charge in [-0.1, -0.05) is 0 Å². The summed E-state index contributed by atoms with van der Waals surface area (Å²) in [4.78, 5) is 5.38. The fourth-order valence-electron chi connectivity index (χ4n) is 1.06. The van der Waals surface area contributed by atoms with Crippen LogP contribution < -0.4 is 5.32 Å². The smallest absolute Gasteiger partial charge is 0.136 e. The summed E-state index contributed by atoms with van der Waals surface area (Å²) in [5.41, 5.74) is -0.186. The maximum absolute atomic E-state index is 5.38. The van der Waals surface area contributed by atoms with E-state index < -0.39 is 0 Å². The van der Waals surface area contributed by atoms with E-state index in [4.69, 9.17) is 4.84 Å². The molecule has 3 nitrogen and oxygen atoms in total. The molecular weight excluding hydrogens is 116 g/mol. The van der Waals surface area contributed by atoms with Gasteiger partial charge in [-0.3, -0.25) is 10.2 Å². The van der Waals surface area contributed by atoms with E-state index in [9.17, 15) is 0 Å². The molecule has 0 aromatic heterocycles. The number of hydrogen-bond acceptors (Lipinski definition) is 3. The molecular formula is C6H14N2O. The van der Waals surface area contributed by atoms with Crippen molar-refractivity contribution in [2.45, 2.75) is 32.7 Å². The summed E-state index contributed by atoms with van der Waals surface area (Å²) in [7, 11) is 1.92. The van der Waals surface area contributed by atoms with Crippen LogP contribution in [-0.2, 0) is 4.84 Å². The monoisotopic (exact) mass is 130 g/mol. The summed E-state index contributed by atoms with van der Waals surface area (Å²) in [6.07, 6.45) is 0.319. The molecule has 1 fully saturated rings. The van der Waals surface area contributed by atoms with Gasteiger partial charge in [-0.25, -0.2) is 0 Å². The van der Waals surface area contributed by atoms with Crippen molar-refractivity contribution >= 4 is 0 Å². The molecule has 0 saturated carbocycles. The molecule has 0 aromatic rings. The van der Waals surface area contributed by atoms with Gasteiger partial charge in [0.15, 0.2) is 0 Å². The van der Waals surface area contributed by atoms with Gasteiger partial charge in [-0.2, -0.15) is 5.06 Å². The van der Waals surface area contributed by atoms with E-state index >= 15 is 0 Å². The highest BCUT2D eigenvalue weighted by Crippen LogP contribution is 2.16. The molecule has 1 saturated heterocycles. The predicted octanol–water partition coefficient (Wildman–Crippen LogP) is 0.535. The lowest BCUT2D eigenvalue weighted by atomic mass is 10.3. The van der Waals surface area contributed by atoms with Crippen molar-refractivity contribution in [2.75, 3.05) is 7.05 Å². The molecule has 3 heteroatoms. The van der Waals surface area contributed by atoms with E-state index in [0.717, 1.165) is 0 Å². The molecule has 0 radical (unpaired) electrons. The van der Waals surface area contributed by atoms with Gasteiger partial charge in [-0.15, -0.1) is 0 Å². The van der Waals surface area contributed by atoms with Gasteiger partial charge in [-0.05, 0) is 20.8 Å². The van der Waals surface area contributed by atoms with Gasteiger partial charge >= 0.3 is 0 Å². The molecule has 0 aromatic carbocycles. The van der Waals surface area contributed by atoms with E-state index in [1.54, 1.807) is 0 Å². The van der Waals surface area contributed by atoms with Gasteiger partial charge in [0.2, 0.25) is 0 Å². The summed E-state index contributed by atoms with van der Waals surface area (Å²) in [6, 6.07) is 0. The zero-order chi connectivity index (χ0) is 7.07. The van der Waals surface area contributed by atoms with Crippen LogP contribution in [0.25, 0.3) is 0 Å². The molecule has 0 amide bonds. The first-order chi connectivity index (χ1) is 4.01. The maximum atomic E-state index is 5.38. The van der Waals surface area contributed by atoms with E-state index in [2.05, 4.69) is 12.2 Å². The van der Waals surface area contributed by atoms with Crippen molar-refractivity contribution in [3.05, 3.63) is 0 Å². The normalized spacial score (nSPS) is 35.3. The molecule has 1 rings (SSSR count). The molecule has 0 bridgehead atoms. The molecule has 1 aliphatic rings. The van der Waals surface area contributed by atoms with E-state index in [-0.39, 0.29) is 5.72 Å². The lowest BCUT2D eigenvalue weighted by molar-refractivity contribution is -0.176. The van der Waals surface area contributed by atoms with Gasteiger partial charge in [0.1, 0.15) is 5.72 Å². The average Bonchev–Trinajstić information content (AvgIpc) is 1.79. The van der Waals surface area contributed by atoms with Crippen LogP contribution in [0, 0.1) is 0 Å².